The molecule has 5 nitrogen and oxygen atoms in total. The standard InChI is InChI=1S/3C11H16BN.C10H13NO/c1-10(2)4-5-11-6-8-13(12-3)9-7-11;1-10(2)6-7-11-5-4-8-13(9-11)12-3;1-10(2)7-8-11-6-4-5-9-13(11)12-3;1-9(2)3-4-10-5-7-11(12)8-6-10/h3*4-10H,1-3H3;3-9H,1-2H3/q3*+1;/b5-4+;7-6+;8-7+;4-3+. The lowest BCUT2D eigenvalue weighted by atomic mass is 9.98. The van der Waals surface area contributed by atoms with Crippen molar-refractivity contribution in [2.45, 2.75) is 75.9 Å². The monoisotopic (exact) mass is 683 g/mol. The zero-order valence-corrected chi connectivity index (χ0v) is 33.1. The van der Waals surface area contributed by atoms with Crippen LogP contribution in [-0.2, 0) is 0 Å². The van der Waals surface area contributed by atoms with E-state index in [1.807, 2.05) is 58.1 Å². The first-order chi connectivity index (χ1) is 24.4. The van der Waals surface area contributed by atoms with Crippen LogP contribution in [0.2, 0.25) is 20.5 Å². The minimum absolute atomic E-state index is 0.546. The summed E-state index contributed by atoms with van der Waals surface area (Å²) in [6.45, 7) is 23.4. The van der Waals surface area contributed by atoms with Crippen LogP contribution in [0.25, 0.3) is 24.3 Å². The van der Waals surface area contributed by atoms with Gasteiger partial charge in [0.25, 0.3) is 0 Å². The number of nitrogens with zero attached hydrogens (tertiary/aromatic N) is 4. The van der Waals surface area contributed by atoms with Crippen molar-refractivity contribution in [2.75, 3.05) is 0 Å². The maximum absolute atomic E-state index is 10.7. The fraction of sp³-hybridized carbons (Fsp3) is 0.349. The zero-order chi connectivity index (χ0) is 38.0. The van der Waals surface area contributed by atoms with E-state index in [1.165, 1.54) is 29.2 Å². The number of aromatic nitrogens is 4. The van der Waals surface area contributed by atoms with Crippen LogP contribution >= 0.6 is 0 Å². The summed E-state index contributed by atoms with van der Waals surface area (Å²) in [6, 6.07) is 18.2. The molecule has 0 saturated carbocycles. The van der Waals surface area contributed by atoms with Gasteiger partial charge < -0.3 is 5.21 Å². The van der Waals surface area contributed by atoms with Gasteiger partial charge in [-0.1, -0.05) is 97.9 Å². The first kappa shape index (κ1) is 44.6. The highest BCUT2D eigenvalue weighted by Gasteiger charge is 2.05. The maximum atomic E-state index is 10.7. The van der Waals surface area contributed by atoms with E-state index in [1.54, 1.807) is 12.1 Å². The molecule has 0 aliphatic rings. The van der Waals surface area contributed by atoms with Gasteiger partial charge in [0.1, 0.15) is 24.8 Å². The summed E-state index contributed by atoms with van der Waals surface area (Å²) in [5.41, 5.74) is 4.79. The van der Waals surface area contributed by atoms with Crippen LogP contribution in [0.1, 0.15) is 77.8 Å². The van der Waals surface area contributed by atoms with E-state index >= 15 is 0 Å². The highest BCUT2D eigenvalue weighted by atomic mass is 16.5. The van der Waals surface area contributed by atoms with Gasteiger partial charge in [0.2, 0.25) is 0 Å². The third-order valence-electron chi connectivity index (χ3n) is 7.02. The molecule has 0 amide bonds. The minimum Gasteiger partial charge on any atom is -0.619 e. The van der Waals surface area contributed by atoms with Crippen molar-refractivity contribution in [2.24, 2.45) is 23.7 Å². The SMILES string of the molecule is CC(C)/C=C/c1cc[n+]([O-])cc1.C[B][n+]1ccc(/C=C/C(C)C)cc1.C[B][n+]1cccc(/C=C/C(C)C)c1.C[B][n+]1ccccc1/C=C/C(C)C. The van der Waals surface area contributed by atoms with E-state index in [2.05, 4.69) is 175 Å². The Morgan fingerprint density at radius 2 is 0.941 bits per heavy atom. The van der Waals surface area contributed by atoms with E-state index in [0.29, 0.717) is 23.7 Å². The maximum Gasteiger partial charge on any atom is 0.536 e. The molecule has 0 aliphatic carbocycles. The van der Waals surface area contributed by atoms with Crippen LogP contribution in [0, 0.1) is 28.9 Å². The summed E-state index contributed by atoms with van der Waals surface area (Å²) >= 11 is 0. The largest absolute Gasteiger partial charge is 0.619 e. The molecule has 51 heavy (non-hydrogen) atoms. The molecule has 4 aromatic heterocycles. The van der Waals surface area contributed by atoms with Gasteiger partial charge in [0.05, 0.1) is 0 Å². The molecule has 0 saturated heterocycles. The molecule has 0 aliphatic heterocycles. The molecule has 0 bridgehead atoms. The van der Waals surface area contributed by atoms with Crippen molar-refractivity contribution in [3.8, 4) is 0 Å². The third kappa shape index (κ3) is 22.1. The lowest BCUT2D eigenvalue weighted by Gasteiger charge is -1.96. The van der Waals surface area contributed by atoms with Crippen molar-refractivity contribution in [1.82, 2.24) is 0 Å². The number of hydrogen-bond acceptors (Lipinski definition) is 1. The predicted molar refractivity (Wildman–Crippen MR) is 222 cm³/mol. The van der Waals surface area contributed by atoms with Crippen LogP contribution in [0.4, 0.5) is 0 Å². The summed E-state index contributed by atoms with van der Waals surface area (Å²) < 4.78 is 6.98. The van der Waals surface area contributed by atoms with Crippen LogP contribution in [0.15, 0.2) is 122 Å². The molecule has 0 aromatic carbocycles. The van der Waals surface area contributed by atoms with Gasteiger partial charge in [0.15, 0.2) is 24.3 Å². The van der Waals surface area contributed by atoms with Crippen molar-refractivity contribution in [1.29, 1.82) is 0 Å². The molecule has 4 heterocycles. The Kier molecular flexibility index (Phi) is 23.1. The average molecular weight is 682 g/mol. The third-order valence-corrected chi connectivity index (χ3v) is 7.02. The fourth-order valence-corrected chi connectivity index (χ4v) is 4.09. The highest BCUT2D eigenvalue weighted by molar-refractivity contribution is 6.22. The first-order valence-electron chi connectivity index (χ1n) is 18.2. The van der Waals surface area contributed by atoms with E-state index in [9.17, 15) is 5.21 Å². The van der Waals surface area contributed by atoms with Gasteiger partial charge in [-0.05, 0) is 73.5 Å². The van der Waals surface area contributed by atoms with Gasteiger partial charge >= 0.3 is 22.2 Å². The predicted octanol–water partition coefficient (Wildman–Crippen LogP) is 8.47. The van der Waals surface area contributed by atoms with Crippen molar-refractivity contribution in [3.05, 3.63) is 150 Å². The van der Waals surface area contributed by atoms with Crippen molar-refractivity contribution >= 4 is 46.5 Å². The summed E-state index contributed by atoms with van der Waals surface area (Å²) in [5.74, 6) is 2.37. The second-order valence-electron chi connectivity index (χ2n) is 13.4. The number of allylic oxidation sites excluding steroid dienone is 4. The summed E-state index contributed by atoms with van der Waals surface area (Å²) in [5, 5.41) is 10.7. The van der Waals surface area contributed by atoms with Gasteiger partial charge in [-0.3, -0.25) is 13.4 Å². The second kappa shape index (κ2) is 26.4. The normalized spacial score (nSPS) is 11.1. The average Bonchev–Trinajstić information content (AvgIpc) is 3.13. The number of pyridine rings is 4. The quantitative estimate of drug-likeness (QED) is 0.0889. The lowest BCUT2D eigenvalue weighted by Crippen LogP contribution is -2.40. The molecular weight excluding hydrogens is 621 g/mol. The van der Waals surface area contributed by atoms with E-state index < -0.39 is 0 Å². The van der Waals surface area contributed by atoms with E-state index in [0.717, 1.165) is 10.3 Å². The molecule has 4 rings (SSSR count). The second-order valence-corrected chi connectivity index (χ2v) is 13.4. The fourth-order valence-electron chi connectivity index (χ4n) is 4.09. The van der Waals surface area contributed by atoms with Gasteiger partial charge in [-0.2, -0.15) is 4.73 Å². The number of hydrogen-bond donors (Lipinski definition) is 0. The molecular formula is C43H61B3N4O+3. The van der Waals surface area contributed by atoms with Crippen molar-refractivity contribution in [3.63, 3.8) is 0 Å². The first-order valence-corrected chi connectivity index (χ1v) is 18.2. The summed E-state index contributed by atoms with van der Waals surface area (Å²) in [6.07, 6.45) is 30.5. The lowest BCUT2D eigenvalue weighted by molar-refractivity contribution is -0.605. The van der Waals surface area contributed by atoms with Gasteiger partial charge in [-0.15, -0.1) is 0 Å². The summed E-state index contributed by atoms with van der Waals surface area (Å²) in [7, 11) is 6.11. The van der Waals surface area contributed by atoms with Gasteiger partial charge in [-0.25, -0.2) is 0 Å². The molecule has 265 valence electrons. The van der Waals surface area contributed by atoms with Gasteiger partial charge in [0, 0.05) is 48.0 Å². The van der Waals surface area contributed by atoms with Crippen LogP contribution in [0.5, 0.6) is 0 Å². The van der Waals surface area contributed by atoms with Crippen LogP contribution < -0.4 is 18.2 Å². The minimum atomic E-state index is 0.546. The topological polar surface area (TPSA) is 38.6 Å². The van der Waals surface area contributed by atoms with E-state index in [-0.39, 0.29) is 0 Å². The molecule has 3 radical (unpaired) electrons. The molecule has 8 heteroatoms. The van der Waals surface area contributed by atoms with Crippen LogP contribution in [-0.4, -0.2) is 22.2 Å². The Morgan fingerprint density at radius 3 is 1.41 bits per heavy atom. The summed E-state index contributed by atoms with van der Waals surface area (Å²) in [4.78, 5) is 0. The smallest absolute Gasteiger partial charge is 0.536 e. The van der Waals surface area contributed by atoms with E-state index in [4.69, 9.17) is 0 Å². The van der Waals surface area contributed by atoms with Crippen molar-refractivity contribution < 1.29 is 18.2 Å². The molecule has 0 N–H and O–H groups in total. The van der Waals surface area contributed by atoms with Crippen LogP contribution in [0.3, 0.4) is 0 Å². The molecule has 0 unspecified atom stereocenters. The molecule has 0 atom stereocenters. The Hall–Kier alpha value is -4.45. The Labute approximate surface area is 313 Å². The Bertz CT molecular complexity index is 1610. The zero-order valence-electron chi connectivity index (χ0n) is 33.1. The molecule has 0 fully saturated rings. The highest BCUT2D eigenvalue weighted by Crippen LogP contribution is 2.04. The Morgan fingerprint density at radius 1 is 0.471 bits per heavy atom. The number of rotatable bonds is 11. The molecule has 4 aromatic rings. The molecule has 0 spiro atoms. The Balaban J connectivity index is 0.000000340.